The van der Waals surface area contributed by atoms with Gasteiger partial charge in [-0.1, -0.05) is 18.2 Å². The smallest absolute Gasteiger partial charge is 0.341 e. The van der Waals surface area contributed by atoms with Crippen LogP contribution >= 0.6 is 0 Å². The lowest BCUT2D eigenvalue weighted by Gasteiger charge is -2.07. The summed E-state index contributed by atoms with van der Waals surface area (Å²) in [5, 5.41) is 8.63. The van der Waals surface area contributed by atoms with Crippen molar-refractivity contribution in [3.8, 4) is 17.2 Å². The molecule has 0 fully saturated rings. The van der Waals surface area contributed by atoms with Gasteiger partial charge < -0.3 is 19.3 Å². The summed E-state index contributed by atoms with van der Waals surface area (Å²) in [6.45, 7) is -0.0252. The predicted molar refractivity (Wildman–Crippen MR) is 84.2 cm³/mol. The van der Waals surface area contributed by atoms with Crippen molar-refractivity contribution in [2.45, 2.75) is 19.3 Å². The van der Waals surface area contributed by atoms with Crippen LogP contribution in [0.3, 0.4) is 0 Å². The number of benzene rings is 2. The number of carboxylic acid groups (broad SMARTS) is 1. The fourth-order valence-electron chi connectivity index (χ4n) is 2.53. The highest BCUT2D eigenvalue weighted by atomic mass is 16.7. The molecule has 0 unspecified atom stereocenters. The largest absolute Gasteiger partial charge is 0.482 e. The normalized spacial score (nSPS) is 12.2. The van der Waals surface area contributed by atoms with E-state index in [0.29, 0.717) is 12.5 Å². The zero-order valence-corrected chi connectivity index (χ0v) is 12.7. The molecule has 0 spiro atoms. The Labute approximate surface area is 134 Å². The number of hydrogen-bond acceptors (Lipinski definition) is 4. The molecule has 0 bridgehead atoms. The SMILES string of the molecule is O=C(O)COc1cccc(CCCc2ccc3c(c2)OCO3)c1. The average molecular weight is 314 g/mol. The first-order valence-electron chi connectivity index (χ1n) is 7.53. The average Bonchev–Trinajstić information content (AvgIpc) is 3.01. The highest BCUT2D eigenvalue weighted by Gasteiger charge is 2.12. The topological polar surface area (TPSA) is 65.0 Å². The number of ether oxygens (including phenoxy) is 3. The number of carboxylic acids is 1. The lowest BCUT2D eigenvalue weighted by molar-refractivity contribution is -0.139. The van der Waals surface area contributed by atoms with Crippen LogP contribution in [-0.4, -0.2) is 24.5 Å². The van der Waals surface area contributed by atoms with E-state index in [1.807, 2.05) is 30.3 Å². The highest BCUT2D eigenvalue weighted by molar-refractivity contribution is 5.68. The monoisotopic (exact) mass is 314 g/mol. The molecule has 0 saturated heterocycles. The van der Waals surface area contributed by atoms with Crippen LogP contribution in [-0.2, 0) is 17.6 Å². The Morgan fingerprint density at radius 3 is 2.65 bits per heavy atom. The maximum absolute atomic E-state index is 10.5. The Bertz CT molecular complexity index is 696. The van der Waals surface area contributed by atoms with Crippen LogP contribution in [0.1, 0.15) is 17.5 Å². The standard InChI is InChI=1S/C18H18O5/c19-18(20)11-21-15-6-2-5-13(9-15)3-1-4-14-7-8-16-17(10-14)23-12-22-16/h2,5-10H,1,3-4,11-12H2,(H,19,20). The second-order valence-electron chi connectivity index (χ2n) is 5.37. The van der Waals surface area contributed by atoms with Crippen molar-refractivity contribution in [1.29, 1.82) is 0 Å². The van der Waals surface area contributed by atoms with E-state index < -0.39 is 5.97 Å². The molecule has 0 saturated carbocycles. The van der Waals surface area contributed by atoms with Gasteiger partial charge in [-0.25, -0.2) is 4.79 Å². The molecule has 5 heteroatoms. The van der Waals surface area contributed by atoms with Crippen molar-refractivity contribution in [3.63, 3.8) is 0 Å². The second-order valence-corrected chi connectivity index (χ2v) is 5.37. The summed E-state index contributed by atoms with van der Waals surface area (Å²) in [7, 11) is 0. The minimum Gasteiger partial charge on any atom is -0.482 e. The van der Waals surface area contributed by atoms with Crippen LogP contribution in [0.15, 0.2) is 42.5 Å². The summed E-state index contributed by atoms with van der Waals surface area (Å²) >= 11 is 0. The quantitative estimate of drug-likeness (QED) is 0.851. The van der Waals surface area contributed by atoms with Gasteiger partial charge in [0.15, 0.2) is 18.1 Å². The zero-order valence-electron chi connectivity index (χ0n) is 12.7. The predicted octanol–water partition coefficient (Wildman–Crippen LogP) is 3.05. The molecule has 120 valence electrons. The van der Waals surface area contributed by atoms with Gasteiger partial charge in [0.05, 0.1) is 0 Å². The van der Waals surface area contributed by atoms with E-state index in [2.05, 4.69) is 6.07 Å². The van der Waals surface area contributed by atoms with Gasteiger partial charge in [0.1, 0.15) is 5.75 Å². The summed E-state index contributed by atoms with van der Waals surface area (Å²) in [5.74, 6) is 1.23. The minimum absolute atomic E-state index is 0.294. The Morgan fingerprint density at radius 1 is 1.04 bits per heavy atom. The van der Waals surface area contributed by atoms with Crippen molar-refractivity contribution < 1.29 is 24.1 Å². The number of rotatable bonds is 7. The molecule has 1 heterocycles. The molecule has 0 amide bonds. The zero-order chi connectivity index (χ0) is 16.1. The van der Waals surface area contributed by atoms with Crippen molar-refractivity contribution in [2.75, 3.05) is 13.4 Å². The van der Waals surface area contributed by atoms with Gasteiger partial charge in [0, 0.05) is 0 Å². The number of carbonyl (C=O) groups is 1. The third kappa shape index (κ3) is 4.16. The molecule has 5 nitrogen and oxygen atoms in total. The summed E-state index contributed by atoms with van der Waals surface area (Å²) in [4.78, 5) is 10.5. The molecule has 0 aliphatic carbocycles. The summed E-state index contributed by atoms with van der Waals surface area (Å²) in [5.41, 5.74) is 2.35. The van der Waals surface area contributed by atoms with Crippen LogP contribution in [0, 0.1) is 0 Å². The number of aryl methyl sites for hydroxylation is 2. The Morgan fingerprint density at radius 2 is 1.83 bits per heavy atom. The van der Waals surface area contributed by atoms with E-state index in [9.17, 15) is 4.79 Å². The van der Waals surface area contributed by atoms with Gasteiger partial charge in [0.25, 0.3) is 0 Å². The minimum atomic E-state index is -0.974. The summed E-state index contributed by atoms with van der Waals surface area (Å²) < 4.78 is 15.9. The molecular formula is C18H18O5. The Kier molecular flexibility index (Phi) is 4.66. The van der Waals surface area contributed by atoms with E-state index in [-0.39, 0.29) is 6.61 Å². The number of fused-ring (bicyclic) bond motifs is 1. The summed E-state index contributed by atoms with van der Waals surface area (Å²) in [6.07, 6.45) is 2.83. The van der Waals surface area contributed by atoms with E-state index in [1.54, 1.807) is 6.07 Å². The van der Waals surface area contributed by atoms with Crippen molar-refractivity contribution >= 4 is 5.97 Å². The van der Waals surface area contributed by atoms with Crippen LogP contribution in [0.4, 0.5) is 0 Å². The van der Waals surface area contributed by atoms with Gasteiger partial charge in [-0.3, -0.25) is 0 Å². The fraction of sp³-hybridized carbons (Fsp3) is 0.278. The van der Waals surface area contributed by atoms with Gasteiger partial charge in [-0.2, -0.15) is 0 Å². The van der Waals surface area contributed by atoms with Crippen LogP contribution < -0.4 is 14.2 Å². The van der Waals surface area contributed by atoms with Gasteiger partial charge in [0.2, 0.25) is 6.79 Å². The maximum atomic E-state index is 10.5. The molecular weight excluding hydrogens is 296 g/mol. The Balaban J connectivity index is 1.52. The highest BCUT2D eigenvalue weighted by Crippen LogP contribution is 2.32. The lowest BCUT2D eigenvalue weighted by atomic mass is 10.0. The Hall–Kier alpha value is -2.69. The van der Waals surface area contributed by atoms with Crippen molar-refractivity contribution in [1.82, 2.24) is 0 Å². The molecule has 23 heavy (non-hydrogen) atoms. The molecule has 2 aromatic carbocycles. The number of aliphatic carboxylic acids is 1. The molecule has 1 N–H and O–H groups in total. The molecule has 1 aliphatic heterocycles. The van der Waals surface area contributed by atoms with E-state index in [4.69, 9.17) is 19.3 Å². The molecule has 2 aromatic rings. The molecule has 0 radical (unpaired) electrons. The van der Waals surface area contributed by atoms with E-state index >= 15 is 0 Å². The molecule has 1 aliphatic rings. The van der Waals surface area contributed by atoms with Crippen molar-refractivity contribution in [3.05, 3.63) is 53.6 Å². The first kappa shape index (κ1) is 15.2. The fourth-order valence-corrected chi connectivity index (χ4v) is 2.53. The van der Waals surface area contributed by atoms with E-state index in [1.165, 1.54) is 5.56 Å². The number of hydrogen-bond donors (Lipinski definition) is 1. The van der Waals surface area contributed by atoms with Crippen LogP contribution in [0.2, 0.25) is 0 Å². The van der Waals surface area contributed by atoms with Crippen molar-refractivity contribution in [2.24, 2.45) is 0 Å². The van der Waals surface area contributed by atoms with Crippen LogP contribution in [0.25, 0.3) is 0 Å². The van der Waals surface area contributed by atoms with Gasteiger partial charge in [-0.15, -0.1) is 0 Å². The van der Waals surface area contributed by atoms with Crippen LogP contribution in [0.5, 0.6) is 17.2 Å². The third-order valence-corrected chi connectivity index (χ3v) is 3.63. The first-order valence-corrected chi connectivity index (χ1v) is 7.53. The van der Waals surface area contributed by atoms with E-state index in [0.717, 1.165) is 36.3 Å². The molecule has 3 rings (SSSR count). The molecule has 0 aromatic heterocycles. The lowest BCUT2D eigenvalue weighted by Crippen LogP contribution is -2.09. The summed E-state index contributed by atoms with van der Waals surface area (Å²) in [6, 6.07) is 13.6. The molecule has 0 atom stereocenters. The first-order chi connectivity index (χ1) is 11.2. The second kappa shape index (κ2) is 7.05. The maximum Gasteiger partial charge on any atom is 0.341 e. The van der Waals surface area contributed by atoms with Gasteiger partial charge in [-0.05, 0) is 54.7 Å². The van der Waals surface area contributed by atoms with Gasteiger partial charge >= 0.3 is 5.97 Å². The third-order valence-electron chi connectivity index (χ3n) is 3.63.